The van der Waals surface area contributed by atoms with E-state index in [0.29, 0.717) is 12.0 Å². The number of rotatable bonds is 9. The molecule has 2 aromatic carbocycles. The molecule has 0 bridgehead atoms. The quantitative estimate of drug-likeness (QED) is 0.156. The summed E-state index contributed by atoms with van der Waals surface area (Å²) in [5.74, 6) is 0.150. The minimum Gasteiger partial charge on any atom is -0.461 e. The number of H-pyrrole nitrogens is 1. The molecule has 5 rings (SSSR count). The average Bonchev–Trinajstić information content (AvgIpc) is 3.46. The van der Waals surface area contributed by atoms with E-state index in [9.17, 15) is 18.4 Å². The fourth-order valence-corrected chi connectivity index (χ4v) is 6.24. The molecule has 1 unspecified atom stereocenters. The fourth-order valence-electron chi connectivity index (χ4n) is 4.99. The predicted molar refractivity (Wildman–Crippen MR) is 133 cm³/mol. The molecule has 35 heavy (non-hydrogen) atoms. The highest BCUT2D eigenvalue weighted by atomic mass is 32.2. The lowest BCUT2D eigenvalue weighted by molar-refractivity contribution is -0.131. The minimum absolute atomic E-state index is 0.0330. The molecule has 1 aliphatic rings. The maximum atomic E-state index is 13.1. The number of hydroxylamine groups is 1. The highest BCUT2D eigenvalue weighted by molar-refractivity contribution is 7.89. The lowest BCUT2D eigenvalue weighted by Gasteiger charge is -2.17. The van der Waals surface area contributed by atoms with Crippen molar-refractivity contribution in [2.75, 3.05) is 0 Å². The van der Waals surface area contributed by atoms with Crippen molar-refractivity contribution in [3.8, 4) is 0 Å². The van der Waals surface area contributed by atoms with Gasteiger partial charge in [0.2, 0.25) is 10.0 Å². The number of benzene rings is 2. The van der Waals surface area contributed by atoms with Gasteiger partial charge >= 0.3 is 0 Å². The zero-order valence-electron chi connectivity index (χ0n) is 19.3. The van der Waals surface area contributed by atoms with Gasteiger partial charge in [-0.2, -0.15) is 4.72 Å². The van der Waals surface area contributed by atoms with Crippen molar-refractivity contribution < 1.29 is 22.8 Å². The zero-order chi connectivity index (χ0) is 24.4. The zero-order valence-corrected chi connectivity index (χ0v) is 20.2. The molecule has 4 aromatic rings. The number of carbonyl (C=O) groups is 1. The number of hydrogen-bond acceptors (Lipinski definition) is 5. The summed E-state index contributed by atoms with van der Waals surface area (Å²) in [5.41, 5.74) is 5.55. The van der Waals surface area contributed by atoms with Crippen LogP contribution in [-0.4, -0.2) is 30.6 Å². The molecule has 1 amide bonds. The number of aromatic amines is 1. The van der Waals surface area contributed by atoms with Gasteiger partial charge in [-0.1, -0.05) is 24.6 Å². The van der Waals surface area contributed by atoms with Crippen LogP contribution in [0.25, 0.3) is 21.9 Å². The molecule has 9 heteroatoms. The summed E-state index contributed by atoms with van der Waals surface area (Å²) in [4.78, 5) is 15.5. The van der Waals surface area contributed by atoms with Gasteiger partial charge in [0.15, 0.2) is 0 Å². The Kier molecular flexibility index (Phi) is 6.64. The Hall–Kier alpha value is -3.14. The first-order valence-electron chi connectivity index (χ1n) is 12.0. The summed E-state index contributed by atoms with van der Waals surface area (Å²) >= 11 is 0. The number of carbonyl (C=O) groups excluding carboxylic acids is 1. The van der Waals surface area contributed by atoms with Gasteiger partial charge in [0.05, 0.1) is 4.90 Å². The van der Waals surface area contributed by atoms with E-state index in [1.807, 2.05) is 24.4 Å². The van der Waals surface area contributed by atoms with Crippen LogP contribution in [0, 0.1) is 0 Å². The van der Waals surface area contributed by atoms with Crippen LogP contribution in [0.15, 0.2) is 58.0 Å². The minimum atomic E-state index is -4.00. The second-order valence-corrected chi connectivity index (χ2v) is 10.8. The molecule has 1 aliphatic carbocycles. The van der Waals surface area contributed by atoms with E-state index >= 15 is 0 Å². The SMILES string of the molecule is O=C(NO)C(CCCCc1c[nH]c2ccccc12)NS(=O)(=O)c1ccc2c3c(oc2c1)CCCC3. The first-order chi connectivity index (χ1) is 17.0. The summed E-state index contributed by atoms with van der Waals surface area (Å²) in [6, 6.07) is 11.8. The Morgan fingerprint density at radius 1 is 1.09 bits per heavy atom. The number of para-hydroxylation sites is 1. The van der Waals surface area contributed by atoms with Crippen LogP contribution in [0.4, 0.5) is 0 Å². The number of amides is 1. The van der Waals surface area contributed by atoms with Crippen molar-refractivity contribution in [1.29, 1.82) is 0 Å². The van der Waals surface area contributed by atoms with Crippen LogP contribution in [0.3, 0.4) is 0 Å². The maximum absolute atomic E-state index is 13.1. The summed E-state index contributed by atoms with van der Waals surface area (Å²) in [6.45, 7) is 0. The van der Waals surface area contributed by atoms with Gasteiger partial charge in [0, 0.05) is 40.5 Å². The lowest BCUT2D eigenvalue weighted by atomic mass is 9.96. The number of nitrogens with one attached hydrogen (secondary N) is 3. The molecular formula is C26H29N3O5S. The van der Waals surface area contributed by atoms with Gasteiger partial charge in [-0.05, 0) is 62.3 Å². The van der Waals surface area contributed by atoms with Crippen molar-refractivity contribution in [1.82, 2.24) is 15.2 Å². The molecule has 0 spiro atoms. The van der Waals surface area contributed by atoms with Crippen LogP contribution in [0.1, 0.15) is 49.0 Å². The third-order valence-electron chi connectivity index (χ3n) is 6.83. The van der Waals surface area contributed by atoms with Gasteiger partial charge < -0.3 is 9.40 Å². The van der Waals surface area contributed by atoms with E-state index in [1.165, 1.54) is 11.6 Å². The molecule has 0 aliphatic heterocycles. The Morgan fingerprint density at radius 3 is 2.77 bits per heavy atom. The van der Waals surface area contributed by atoms with Crippen LogP contribution in [0.5, 0.6) is 0 Å². The van der Waals surface area contributed by atoms with Gasteiger partial charge in [-0.25, -0.2) is 13.9 Å². The van der Waals surface area contributed by atoms with Crippen LogP contribution < -0.4 is 10.2 Å². The molecule has 2 heterocycles. The lowest BCUT2D eigenvalue weighted by Crippen LogP contribution is -2.45. The highest BCUT2D eigenvalue weighted by Gasteiger charge is 2.27. The number of aryl methyl sites for hydroxylation is 3. The van der Waals surface area contributed by atoms with Crippen molar-refractivity contribution in [2.24, 2.45) is 0 Å². The topological polar surface area (TPSA) is 124 Å². The Labute approximate surface area is 203 Å². The second-order valence-electron chi connectivity index (χ2n) is 9.12. The summed E-state index contributed by atoms with van der Waals surface area (Å²) in [7, 11) is -4.00. The Balaban J connectivity index is 1.26. The summed E-state index contributed by atoms with van der Waals surface area (Å²) in [5, 5.41) is 11.3. The number of aromatic nitrogens is 1. The van der Waals surface area contributed by atoms with Crippen molar-refractivity contribution in [3.63, 3.8) is 0 Å². The summed E-state index contributed by atoms with van der Waals surface area (Å²) < 4.78 is 34.6. The number of fused-ring (bicyclic) bond motifs is 4. The van der Waals surface area contributed by atoms with E-state index in [1.54, 1.807) is 17.6 Å². The predicted octanol–water partition coefficient (Wildman–Crippen LogP) is 4.36. The molecule has 8 nitrogen and oxygen atoms in total. The first-order valence-corrected chi connectivity index (χ1v) is 13.5. The average molecular weight is 496 g/mol. The molecule has 4 N–H and O–H groups in total. The molecular weight excluding hydrogens is 466 g/mol. The Morgan fingerprint density at radius 2 is 1.91 bits per heavy atom. The molecule has 0 saturated carbocycles. The fraction of sp³-hybridized carbons (Fsp3) is 0.346. The van der Waals surface area contributed by atoms with Gasteiger partial charge in [0.1, 0.15) is 17.4 Å². The largest absolute Gasteiger partial charge is 0.461 e. The summed E-state index contributed by atoms with van der Waals surface area (Å²) in [6.07, 6.45) is 8.36. The van der Waals surface area contributed by atoms with E-state index in [4.69, 9.17) is 4.42 Å². The third-order valence-corrected chi connectivity index (χ3v) is 8.30. The number of furan rings is 1. The van der Waals surface area contributed by atoms with Gasteiger partial charge in [0.25, 0.3) is 5.91 Å². The monoisotopic (exact) mass is 495 g/mol. The van der Waals surface area contributed by atoms with E-state index in [-0.39, 0.29) is 11.3 Å². The van der Waals surface area contributed by atoms with Crippen LogP contribution in [0.2, 0.25) is 0 Å². The number of unbranched alkanes of at least 4 members (excludes halogenated alkanes) is 1. The number of sulfonamides is 1. The van der Waals surface area contributed by atoms with E-state index in [2.05, 4.69) is 15.8 Å². The second kappa shape index (κ2) is 9.85. The van der Waals surface area contributed by atoms with Crippen molar-refractivity contribution >= 4 is 37.8 Å². The maximum Gasteiger partial charge on any atom is 0.261 e. The highest BCUT2D eigenvalue weighted by Crippen LogP contribution is 2.33. The molecule has 2 aromatic heterocycles. The smallest absolute Gasteiger partial charge is 0.261 e. The van der Waals surface area contributed by atoms with Crippen LogP contribution >= 0.6 is 0 Å². The molecule has 0 fully saturated rings. The number of hydrogen-bond donors (Lipinski definition) is 4. The van der Waals surface area contributed by atoms with Crippen LogP contribution in [-0.2, 0) is 34.1 Å². The van der Waals surface area contributed by atoms with Crippen molar-refractivity contribution in [2.45, 2.75) is 62.3 Å². The normalized spacial score (nSPS) is 14.8. The molecule has 1 atom stereocenters. The Bertz CT molecular complexity index is 1470. The first kappa shape index (κ1) is 23.6. The van der Waals surface area contributed by atoms with Gasteiger partial charge in [-0.15, -0.1) is 0 Å². The van der Waals surface area contributed by atoms with E-state index < -0.39 is 22.0 Å². The molecule has 0 radical (unpaired) electrons. The molecule has 0 saturated heterocycles. The third kappa shape index (κ3) is 4.84. The van der Waals surface area contributed by atoms with E-state index in [0.717, 1.165) is 66.1 Å². The van der Waals surface area contributed by atoms with Crippen molar-refractivity contribution in [3.05, 3.63) is 65.5 Å². The standard InChI is InChI=1S/C26H29N3O5S/c30-26(28-31)23(11-4-1-7-17-16-27-22-10-5-2-8-19(17)22)29-35(32,33)18-13-14-21-20-9-3-6-12-24(20)34-25(21)15-18/h2,5,8,10,13-16,23,27,29,31H,1,3-4,6-7,9,11-12H2,(H,28,30). The molecule has 184 valence electrons. The van der Waals surface area contributed by atoms with Gasteiger partial charge in [-0.3, -0.25) is 10.0 Å².